The van der Waals surface area contributed by atoms with Crippen molar-refractivity contribution in [1.29, 1.82) is 0 Å². The molecule has 0 aromatic rings. The number of carboxylic acid groups (broad SMARTS) is 2. The molecule has 0 unspecified atom stereocenters. The van der Waals surface area contributed by atoms with Crippen LogP contribution in [0.15, 0.2) is 0 Å². The van der Waals surface area contributed by atoms with Gasteiger partial charge in [0.1, 0.15) is 0 Å². The summed E-state index contributed by atoms with van der Waals surface area (Å²) in [4.78, 5) is 20.3. The minimum atomic E-state index is -0.740. The topological polar surface area (TPSA) is 106 Å². The van der Waals surface area contributed by atoms with Gasteiger partial charge in [-0.1, -0.05) is 25.7 Å². The quantitative estimate of drug-likeness (QED) is 0.494. The third-order valence-electron chi connectivity index (χ3n) is 2.03. The van der Waals surface area contributed by atoms with E-state index in [9.17, 15) is 9.59 Å². The van der Waals surface area contributed by atoms with Gasteiger partial charge in [0.05, 0.1) is 0 Å². The van der Waals surface area contributed by atoms with E-state index in [0.717, 1.165) is 38.5 Å². The molecule has 0 radical (unpaired) electrons. The number of rotatable bonds is 9. The molecule has 0 saturated carbocycles. The van der Waals surface area contributed by atoms with E-state index in [4.69, 9.17) is 10.2 Å². The molecule has 0 heterocycles. The Morgan fingerprint density at radius 2 is 0.938 bits per heavy atom. The maximum absolute atomic E-state index is 10.1. The average Bonchev–Trinajstić information content (AvgIpc) is 2.08. The summed E-state index contributed by atoms with van der Waals surface area (Å²) < 4.78 is 0. The zero-order valence-corrected chi connectivity index (χ0v) is 12.5. The molecule has 0 bridgehead atoms. The Kier molecular flexibility index (Phi) is 19.0. The van der Waals surface area contributed by atoms with Gasteiger partial charge in [0.2, 0.25) is 0 Å². The molecule has 0 rings (SSSR count). The third-order valence-corrected chi connectivity index (χ3v) is 2.03. The summed E-state index contributed by atoms with van der Waals surface area (Å²) in [6.07, 6.45) is 5.82. The van der Waals surface area contributed by atoms with Crippen molar-refractivity contribution < 1.29 is 44.8 Å². The molecule has 0 aliphatic rings. The van der Waals surface area contributed by atoms with Crippen LogP contribution in [-0.2, 0) is 29.1 Å². The molecule has 0 amide bonds. The van der Waals surface area contributed by atoms with E-state index in [1.807, 2.05) is 0 Å². The van der Waals surface area contributed by atoms with Crippen LogP contribution in [0.3, 0.4) is 0 Å². The zero-order valence-electron chi connectivity index (χ0n) is 9.57. The van der Waals surface area contributed by atoms with Crippen LogP contribution in [0.4, 0.5) is 0 Å². The predicted molar refractivity (Wildman–Crippen MR) is 55.8 cm³/mol. The van der Waals surface area contributed by atoms with Crippen LogP contribution in [0.2, 0.25) is 0 Å². The van der Waals surface area contributed by atoms with E-state index < -0.39 is 11.9 Å². The Morgan fingerprint density at radius 3 is 1.19 bits per heavy atom. The van der Waals surface area contributed by atoms with Gasteiger partial charge < -0.3 is 15.7 Å². The van der Waals surface area contributed by atoms with E-state index in [-0.39, 0.29) is 37.8 Å². The summed E-state index contributed by atoms with van der Waals surface area (Å²) in [6.45, 7) is 0. The minimum Gasteiger partial charge on any atom is -0.481 e. The number of unbranched alkanes of at least 4 members (excludes halogenated alkanes) is 5. The summed E-state index contributed by atoms with van der Waals surface area (Å²) in [7, 11) is 0. The maximum atomic E-state index is 10.1. The third kappa shape index (κ3) is 19.2. The molecule has 0 fully saturated rings. The Bertz CT molecular complexity index is 164. The first kappa shape index (κ1) is 20.9. The largest absolute Gasteiger partial charge is 0.481 e. The van der Waals surface area contributed by atoms with Crippen LogP contribution < -0.4 is 0 Å². The summed E-state index contributed by atoms with van der Waals surface area (Å²) in [5, 5.41) is 16.7. The Balaban J connectivity index is -0.000000845. The Morgan fingerprint density at radius 1 is 0.688 bits per heavy atom. The summed E-state index contributed by atoms with van der Waals surface area (Å²) in [5.41, 5.74) is 0. The van der Waals surface area contributed by atoms with Crippen LogP contribution in [0.5, 0.6) is 0 Å². The molecular weight excluding hydrogens is 265 g/mol. The van der Waals surface area contributed by atoms with Crippen LogP contribution in [0.1, 0.15) is 51.4 Å². The fourth-order valence-electron chi connectivity index (χ4n) is 1.26. The number of carboxylic acids is 2. The van der Waals surface area contributed by atoms with Crippen molar-refractivity contribution in [2.24, 2.45) is 0 Å². The standard InChI is InChI=1S/C10H18O4.H2O.Zn/c11-9(12)7-5-3-1-2-4-6-8-10(13)14;;/h1-8H2,(H,11,12)(H,13,14);1H2;. The van der Waals surface area contributed by atoms with E-state index in [1.54, 1.807) is 0 Å². The van der Waals surface area contributed by atoms with Crippen molar-refractivity contribution in [3.8, 4) is 0 Å². The van der Waals surface area contributed by atoms with Gasteiger partial charge in [0.15, 0.2) is 0 Å². The molecule has 6 heteroatoms. The first-order valence-corrected chi connectivity index (χ1v) is 5.06. The second kappa shape index (κ2) is 14.5. The molecule has 0 aromatic heterocycles. The van der Waals surface area contributed by atoms with Crippen LogP contribution in [0, 0.1) is 0 Å². The summed E-state index contributed by atoms with van der Waals surface area (Å²) in [6, 6.07) is 0. The van der Waals surface area contributed by atoms with E-state index in [0.29, 0.717) is 0 Å². The molecule has 92 valence electrons. The fraction of sp³-hybridized carbons (Fsp3) is 0.800. The maximum Gasteiger partial charge on any atom is 0.303 e. The molecule has 0 spiro atoms. The molecular formula is C10H20O5Zn. The van der Waals surface area contributed by atoms with Gasteiger partial charge in [-0.05, 0) is 12.8 Å². The number of aliphatic carboxylic acids is 2. The van der Waals surface area contributed by atoms with Gasteiger partial charge in [-0.25, -0.2) is 0 Å². The van der Waals surface area contributed by atoms with Crippen molar-refractivity contribution in [2.75, 3.05) is 0 Å². The van der Waals surface area contributed by atoms with Gasteiger partial charge in [-0.15, -0.1) is 0 Å². The molecule has 0 aliphatic heterocycles. The van der Waals surface area contributed by atoms with Crippen molar-refractivity contribution in [1.82, 2.24) is 0 Å². The number of carbonyl (C=O) groups is 2. The second-order valence-corrected chi connectivity index (χ2v) is 3.41. The van der Waals surface area contributed by atoms with Crippen LogP contribution >= 0.6 is 0 Å². The van der Waals surface area contributed by atoms with Crippen LogP contribution in [0.25, 0.3) is 0 Å². The number of hydrogen-bond donors (Lipinski definition) is 2. The van der Waals surface area contributed by atoms with Gasteiger partial charge in [0, 0.05) is 32.3 Å². The molecule has 16 heavy (non-hydrogen) atoms. The smallest absolute Gasteiger partial charge is 0.303 e. The van der Waals surface area contributed by atoms with Gasteiger partial charge in [-0.3, -0.25) is 9.59 Å². The number of hydrogen-bond acceptors (Lipinski definition) is 2. The molecule has 5 nitrogen and oxygen atoms in total. The zero-order chi connectivity index (χ0) is 10.8. The minimum absolute atomic E-state index is 0. The average molecular weight is 286 g/mol. The Labute approximate surface area is 108 Å². The van der Waals surface area contributed by atoms with E-state index in [2.05, 4.69) is 0 Å². The predicted octanol–water partition coefficient (Wildman–Crippen LogP) is 1.45. The van der Waals surface area contributed by atoms with Crippen molar-refractivity contribution in [2.45, 2.75) is 51.4 Å². The SMILES string of the molecule is O.O=C(O)CCCCCCCCC(=O)O.[Zn]. The second-order valence-electron chi connectivity index (χ2n) is 3.41. The normalized spacial score (nSPS) is 8.75. The molecule has 0 aliphatic carbocycles. The van der Waals surface area contributed by atoms with Crippen molar-refractivity contribution in [3.63, 3.8) is 0 Å². The fourth-order valence-corrected chi connectivity index (χ4v) is 1.26. The van der Waals surface area contributed by atoms with Crippen molar-refractivity contribution >= 4 is 11.9 Å². The van der Waals surface area contributed by atoms with E-state index in [1.165, 1.54) is 0 Å². The molecule has 0 saturated heterocycles. The molecule has 4 N–H and O–H groups in total. The molecule has 0 atom stereocenters. The van der Waals surface area contributed by atoms with Gasteiger partial charge in [-0.2, -0.15) is 0 Å². The van der Waals surface area contributed by atoms with Crippen molar-refractivity contribution in [3.05, 3.63) is 0 Å². The first-order chi connectivity index (χ1) is 6.63. The summed E-state index contributed by atoms with van der Waals surface area (Å²) >= 11 is 0. The van der Waals surface area contributed by atoms with E-state index >= 15 is 0 Å². The summed E-state index contributed by atoms with van der Waals surface area (Å²) in [5.74, 6) is -1.48. The first-order valence-electron chi connectivity index (χ1n) is 5.06. The van der Waals surface area contributed by atoms with Crippen LogP contribution in [-0.4, -0.2) is 27.6 Å². The monoisotopic (exact) mass is 284 g/mol. The van der Waals surface area contributed by atoms with Gasteiger partial charge >= 0.3 is 11.9 Å². The van der Waals surface area contributed by atoms with Gasteiger partial charge in [0.25, 0.3) is 0 Å². The molecule has 0 aromatic carbocycles. The Hall–Kier alpha value is -0.477.